The molecule has 3 aromatic rings. The van der Waals surface area contributed by atoms with Gasteiger partial charge in [-0.15, -0.1) is 13.2 Å². The van der Waals surface area contributed by atoms with Gasteiger partial charge in [-0.25, -0.2) is 15.0 Å². The number of imidazole rings is 1. The summed E-state index contributed by atoms with van der Waals surface area (Å²) in [5.74, 6) is -0.783. The standard InChI is InChI=1S/C20H18F3N7O3/c21-20(22,23)33-12-3-1-2-11(6-12)28-19(32)14-5-10-4-13(10)30(14)15(31)7-29-9-27-16-17(24)25-8-26-18(16)29/h1-3,6,8-10,13-14H,4-5,7H2,(H,28,32)(H2,24,25,26)/t10-,13-,14+/m1/s1. The van der Waals surface area contributed by atoms with Crippen LogP contribution in [0.2, 0.25) is 0 Å². The molecule has 1 saturated heterocycles. The Morgan fingerprint density at radius 3 is 2.82 bits per heavy atom. The van der Waals surface area contributed by atoms with Gasteiger partial charge in [0.2, 0.25) is 11.8 Å². The van der Waals surface area contributed by atoms with Crippen molar-refractivity contribution >= 4 is 34.5 Å². The van der Waals surface area contributed by atoms with Gasteiger partial charge in [0.05, 0.1) is 6.33 Å². The Hall–Kier alpha value is -3.90. The first-order chi connectivity index (χ1) is 15.7. The number of piperidine rings is 1. The van der Waals surface area contributed by atoms with Gasteiger partial charge < -0.3 is 25.3 Å². The molecule has 0 unspecified atom stereocenters. The van der Waals surface area contributed by atoms with Gasteiger partial charge in [0.1, 0.15) is 30.2 Å². The summed E-state index contributed by atoms with van der Waals surface area (Å²) in [6.07, 6.45) is -0.827. The second kappa shape index (κ2) is 7.60. The Bertz CT molecular complexity index is 1250. The number of nitrogens with one attached hydrogen (secondary N) is 1. The topological polar surface area (TPSA) is 128 Å². The Morgan fingerprint density at radius 2 is 2.03 bits per heavy atom. The van der Waals surface area contributed by atoms with E-state index in [1.165, 1.54) is 24.8 Å². The maximum absolute atomic E-state index is 13.1. The lowest BCUT2D eigenvalue weighted by atomic mass is 10.1. The molecular formula is C20H18F3N7O3. The molecule has 5 rings (SSSR count). The van der Waals surface area contributed by atoms with Crippen LogP contribution in [0, 0.1) is 5.92 Å². The summed E-state index contributed by atoms with van der Waals surface area (Å²) in [6, 6.07) is 4.23. The van der Waals surface area contributed by atoms with Crippen molar-refractivity contribution in [3.05, 3.63) is 36.9 Å². The van der Waals surface area contributed by atoms with Gasteiger partial charge in [0.15, 0.2) is 11.5 Å². The van der Waals surface area contributed by atoms with E-state index in [2.05, 4.69) is 25.0 Å². The van der Waals surface area contributed by atoms with Crippen LogP contribution < -0.4 is 15.8 Å². The predicted octanol–water partition coefficient (Wildman–Crippen LogP) is 1.94. The van der Waals surface area contributed by atoms with Crippen molar-refractivity contribution in [2.45, 2.75) is 37.8 Å². The number of likely N-dealkylation sites (tertiary alicyclic amines) is 1. The Morgan fingerprint density at radius 1 is 1.21 bits per heavy atom. The highest BCUT2D eigenvalue weighted by atomic mass is 19.4. The van der Waals surface area contributed by atoms with E-state index >= 15 is 0 Å². The van der Waals surface area contributed by atoms with Crippen LogP contribution in [0.1, 0.15) is 12.8 Å². The van der Waals surface area contributed by atoms with Crippen LogP contribution in [0.4, 0.5) is 24.7 Å². The summed E-state index contributed by atoms with van der Waals surface area (Å²) in [7, 11) is 0. The molecule has 2 fully saturated rings. The molecule has 2 aliphatic rings. The molecule has 2 amide bonds. The van der Waals surface area contributed by atoms with Crippen LogP contribution in [-0.4, -0.2) is 54.7 Å². The minimum Gasteiger partial charge on any atom is -0.406 e. The summed E-state index contributed by atoms with van der Waals surface area (Å²) >= 11 is 0. The molecule has 1 aromatic carbocycles. The highest BCUT2D eigenvalue weighted by molar-refractivity contribution is 5.98. The molecule has 3 atom stereocenters. The number of nitrogens with zero attached hydrogens (tertiary/aromatic N) is 5. The molecule has 1 aliphatic carbocycles. The largest absolute Gasteiger partial charge is 0.573 e. The zero-order valence-corrected chi connectivity index (χ0v) is 17.0. The first-order valence-electron chi connectivity index (χ1n) is 10.1. The monoisotopic (exact) mass is 461 g/mol. The number of hydrogen-bond acceptors (Lipinski definition) is 7. The zero-order valence-electron chi connectivity index (χ0n) is 17.0. The molecule has 1 saturated carbocycles. The molecular weight excluding hydrogens is 443 g/mol. The summed E-state index contributed by atoms with van der Waals surface area (Å²) < 4.78 is 42.8. The molecule has 2 aromatic heterocycles. The van der Waals surface area contributed by atoms with Gasteiger partial charge in [-0.1, -0.05) is 6.07 Å². The third kappa shape index (κ3) is 4.13. The first kappa shape index (κ1) is 21.0. The molecule has 13 heteroatoms. The minimum absolute atomic E-state index is 0.0392. The smallest absolute Gasteiger partial charge is 0.406 e. The van der Waals surface area contributed by atoms with E-state index in [9.17, 15) is 22.8 Å². The maximum Gasteiger partial charge on any atom is 0.573 e. The molecule has 172 valence electrons. The second-order valence-corrected chi connectivity index (χ2v) is 7.98. The van der Waals surface area contributed by atoms with Gasteiger partial charge in [-0.2, -0.15) is 0 Å². The highest BCUT2D eigenvalue weighted by Crippen LogP contribution is 2.48. The summed E-state index contributed by atoms with van der Waals surface area (Å²) in [5.41, 5.74) is 6.71. The van der Waals surface area contributed by atoms with E-state index in [1.807, 2.05) is 0 Å². The van der Waals surface area contributed by atoms with E-state index in [4.69, 9.17) is 5.73 Å². The quantitative estimate of drug-likeness (QED) is 0.594. The maximum atomic E-state index is 13.1. The van der Waals surface area contributed by atoms with Crippen LogP contribution in [-0.2, 0) is 16.1 Å². The molecule has 3 N–H and O–H groups in total. The number of amides is 2. The molecule has 1 aliphatic heterocycles. The summed E-state index contributed by atoms with van der Waals surface area (Å²) in [5, 5.41) is 2.60. The number of hydrogen-bond donors (Lipinski definition) is 2. The number of carbonyl (C=O) groups excluding carboxylic acids is 2. The fraction of sp³-hybridized carbons (Fsp3) is 0.350. The summed E-state index contributed by atoms with van der Waals surface area (Å²) in [6.45, 7) is -0.0884. The van der Waals surface area contributed by atoms with Gasteiger partial charge in [-0.05, 0) is 30.9 Å². The van der Waals surface area contributed by atoms with E-state index in [1.54, 1.807) is 9.47 Å². The third-order valence-electron chi connectivity index (χ3n) is 5.77. The zero-order chi connectivity index (χ0) is 23.3. The van der Waals surface area contributed by atoms with Crippen molar-refractivity contribution in [2.75, 3.05) is 11.1 Å². The molecule has 0 spiro atoms. The number of nitrogen functional groups attached to an aromatic ring is 1. The van der Waals surface area contributed by atoms with Crippen molar-refractivity contribution < 1.29 is 27.5 Å². The number of benzene rings is 1. The molecule has 33 heavy (non-hydrogen) atoms. The first-order valence-corrected chi connectivity index (χ1v) is 10.1. The predicted molar refractivity (Wildman–Crippen MR) is 109 cm³/mol. The van der Waals surface area contributed by atoms with Crippen LogP contribution in [0.5, 0.6) is 5.75 Å². The van der Waals surface area contributed by atoms with Crippen LogP contribution in [0.3, 0.4) is 0 Å². The lowest BCUT2D eigenvalue weighted by Crippen LogP contribution is -2.46. The number of nitrogens with two attached hydrogens (primary N) is 1. The fourth-order valence-corrected chi connectivity index (χ4v) is 4.29. The Balaban J connectivity index is 1.31. The number of rotatable bonds is 5. The number of aromatic nitrogens is 4. The van der Waals surface area contributed by atoms with E-state index in [0.29, 0.717) is 17.6 Å². The van der Waals surface area contributed by atoms with Crippen LogP contribution in [0.25, 0.3) is 11.2 Å². The number of carbonyl (C=O) groups is 2. The number of ether oxygens (including phenoxy) is 1. The van der Waals surface area contributed by atoms with Crippen molar-refractivity contribution in [1.82, 2.24) is 24.4 Å². The second-order valence-electron chi connectivity index (χ2n) is 7.98. The van der Waals surface area contributed by atoms with Gasteiger partial charge in [0, 0.05) is 17.8 Å². The lowest BCUT2D eigenvalue weighted by Gasteiger charge is -2.27. The van der Waals surface area contributed by atoms with Crippen molar-refractivity contribution in [3.63, 3.8) is 0 Å². The van der Waals surface area contributed by atoms with Crippen molar-refractivity contribution in [1.29, 1.82) is 0 Å². The van der Waals surface area contributed by atoms with Gasteiger partial charge in [0.25, 0.3) is 0 Å². The average molecular weight is 461 g/mol. The van der Waals surface area contributed by atoms with E-state index in [-0.39, 0.29) is 35.9 Å². The molecule has 10 nitrogen and oxygen atoms in total. The number of fused-ring (bicyclic) bond motifs is 2. The average Bonchev–Trinajstić information content (AvgIpc) is 3.20. The number of alkyl halides is 3. The number of anilines is 2. The Kier molecular flexibility index (Phi) is 4.83. The van der Waals surface area contributed by atoms with Gasteiger partial charge >= 0.3 is 6.36 Å². The number of halogens is 3. The lowest BCUT2D eigenvalue weighted by molar-refractivity contribution is -0.274. The molecule has 0 radical (unpaired) electrons. The SMILES string of the molecule is Nc1ncnc2c1ncn2CC(=O)N1[C@@H]2C[C@@H]2C[C@H]1C(=O)Nc1cccc(OC(F)(F)F)c1. The van der Waals surface area contributed by atoms with Crippen molar-refractivity contribution in [3.8, 4) is 5.75 Å². The Labute approximate surface area is 184 Å². The van der Waals surface area contributed by atoms with Crippen molar-refractivity contribution in [2.24, 2.45) is 5.92 Å². The normalized spacial score (nSPS) is 21.7. The summed E-state index contributed by atoms with van der Waals surface area (Å²) in [4.78, 5) is 39.7. The van der Waals surface area contributed by atoms with E-state index in [0.717, 1.165) is 18.6 Å². The molecule has 0 bridgehead atoms. The van der Waals surface area contributed by atoms with Gasteiger partial charge in [-0.3, -0.25) is 9.59 Å². The third-order valence-corrected chi connectivity index (χ3v) is 5.77. The molecule has 3 heterocycles. The fourth-order valence-electron chi connectivity index (χ4n) is 4.29. The van der Waals surface area contributed by atoms with Crippen LogP contribution in [0.15, 0.2) is 36.9 Å². The van der Waals surface area contributed by atoms with Crippen LogP contribution >= 0.6 is 0 Å². The van der Waals surface area contributed by atoms with E-state index < -0.39 is 24.1 Å². The minimum atomic E-state index is -4.84. The highest BCUT2D eigenvalue weighted by Gasteiger charge is 2.56.